The van der Waals surface area contributed by atoms with Gasteiger partial charge in [-0.05, 0) is 33.0 Å². The van der Waals surface area contributed by atoms with Gasteiger partial charge in [-0.25, -0.2) is 14.6 Å². The lowest BCUT2D eigenvalue weighted by molar-refractivity contribution is -0.163. The second kappa shape index (κ2) is 12.0. The molecule has 9 nitrogen and oxygen atoms in total. The molecule has 2 saturated heterocycles. The van der Waals surface area contributed by atoms with Gasteiger partial charge in [0.2, 0.25) is 5.91 Å². The van der Waals surface area contributed by atoms with E-state index < -0.39 is 14.3 Å². The molecule has 0 saturated carbocycles. The molecule has 0 spiro atoms. The number of rotatable bonds is 11. The quantitative estimate of drug-likeness (QED) is 0.153. The summed E-state index contributed by atoms with van der Waals surface area (Å²) >= 11 is 2.95. The van der Waals surface area contributed by atoms with E-state index in [1.807, 2.05) is 19.2 Å². The maximum Gasteiger partial charge on any atom is 0.410 e. The van der Waals surface area contributed by atoms with E-state index in [0.717, 1.165) is 21.4 Å². The van der Waals surface area contributed by atoms with Crippen LogP contribution in [0.1, 0.15) is 31.2 Å². The first-order valence-corrected chi connectivity index (χ1v) is 18.3. The molecule has 212 valence electrons. The molecule has 1 aromatic rings. The molecule has 4 heterocycles. The van der Waals surface area contributed by atoms with E-state index in [1.165, 1.54) is 17.8 Å². The zero-order valence-corrected chi connectivity index (χ0v) is 25.8. The Kier molecular flexibility index (Phi) is 9.09. The number of hydrogen-bond acceptors (Lipinski definition) is 9. The Morgan fingerprint density at radius 3 is 2.62 bits per heavy atom. The van der Waals surface area contributed by atoms with Crippen molar-refractivity contribution in [2.24, 2.45) is 11.8 Å². The molecule has 0 aromatic carbocycles. The lowest BCUT2D eigenvalue weighted by Crippen LogP contribution is -2.64. The Hall–Kier alpha value is -2.41. The van der Waals surface area contributed by atoms with Crippen molar-refractivity contribution in [2.45, 2.75) is 63.0 Å². The topological polar surface area (TPSA) is 98.3 Å². The van der Waals surface area contributed by atoms with Gasteiger partial charge in [0, 0.05) is 35.2 Å². The number of esters is 1. The SMILES string of the molecule is C=CCOC(=O)C1=C(Sc2csc([C@H]3CCN(C(=O)OCC=C)C3)n2)[C@H](C)[C@@H]2[C@@H]([C@@H](C)O[Si](C)(C)C)C(=O)N12. The fourth-order valence-electron chi connectivity index (χ4n) is 5.44. The van der Waals surface area contributed by atoms with Gasteiger partial charge in [-0.2, -0.15) is 0 Å². The summed E-state index contributed by atoms with van der Waals surface area (Å²) in [6.07, 6.45) is 3.29. The number of ether oxygens (including phenoxy) is 2. The molecule has 4 rings (SSSR count). The number of likely N-dealkylation sites (tertiary alicyclic amines) is 1. The Labute approximate surface area is 239 Å². The molecule has 3 aliphatic rings. The first kappa shape index (κ1) is 29.6. The maximum absolute atomic E-state index is 13.4. The van der Waals surface area contributed by atoms with Crippen LogP contribution in [0.2, 0.25) is 19.6 Å². The molecular weight excluding hydrogens is 555 g/mol. The number of hydrogen-bond donors (Lipinski definition) is 0. The zero-order chi connectivity index (χ0) is 28.5. The number of amides is 2. The van der Waals surface area contributed by atoms with Gasteiger partial charge in [-0.3, -0.25) is 4.79 Å². The molecule has 0 N–H and O–H groups in total. The van der Waals surface area contributed by atoms with Gasteiger partial charge in [0.1, 0.15) is 23.9 Å². The molecule has 12 heteroatoms. The lowest BCUT2D eigenvalue weighted by atomic mass is 9.79. The van der Waals surface area contributed by atoms with Crippen molar-refractivity contribution in [2.75, 3.05) is 26.3 Å². The van der Waals surface area contributed by atoms with Crippen molar-refractivity contribution in [3.63, 3.8) is 0 Å². The number of aromatic nitrogens is 1. The second-order valence-electron chi connectivity index (χ2n) is 11.0. The summed E-state index contributed by atoms with van der Waals surface area (Å²) in [5.74, 6) is -0.908. The summed E-state index contributed by atoms with van der Waals surface area (Å²) < 4.78 is 16.8. The predicted octanol–water partition coefficient (Wildman–Crippen LogP) is 5.00. The highest BCUT2D eigenvalue weighted by atomic mass is 32.2. The molecule has 0 radical (unpaired) electrons. The Bertz CT molecular complexity index is 1180. The van der Waals surface area contributed by atoms with E-state index in [9.17, 15) is 14.4 Å². The van der Waals surface area contributed by atoms with Crippen LogP contribution in [0.15, 0.2) is 46.3 Å². The fraction of sp³-hybridized carbons (Fsp3) is 0.556. The third-order valence-corrected chi connectivity index (χ3v) is 10.4. The van der Waals surface area contributed by atoms with Crippen molar-refractivity contribution in [3.8, 4) is 0 Å². The Morgan fingerprint density at radius 1 is 1.26 bits per heavy atom. The highest BCUT2D eigenvalue weighted by molar-refractivity contribution is 8.03. The van der Waals surface area contributed by atoms with Crippen LogP contribution in [0.5, 0.6) is 0 Å². The van der Waals surface area contributed by atoms with Crippen LogP contribution in [0.3, 0.4) is 0 Å². The third-order valence-electron chi connectivity index (χ3n) is 7.00. The van der Waals surface area contributed by atoms with Crippen LogP contribution in [0.25, 0.3) is 0 Å². The Morgan fingerprint density at radius 2 is 1.95 bits per heavy atom. The number of carbonyl (C=O) groups excluding carboxylic acids is 3. The minimum atomic E-state index is -1.86. The average Bonchev–Trinajstić information content (AvgIpc) is 3.58. The normalized spacial score (nSPS) is 25.3. The number of fused-ring (bicyclic) bond motifs is 1. The van der Waals surface area contributed by atoms with E-state index >= 15 is 0 Å². The van der Waals surface area contributed by atoms with Crippen molar-refractivity contribution in [1.29, 1.82) is 0 Å². The summed E-state index contributed by atoms with van der Waals surface area (Å²) in [5, 5.41) is 3.67. The van der Waals surface area contributed by atoms with Crippen molar-refractivity contribution in [1.82, 2.24) is 14.8 Å². The van der Waals surface area contributed by atoms with E-state index in [-0.39, 0.29) is 55.1 Å². The van der Waals surface area contributed by atoms with Gasteiger partial charge in [0.15, 0.2) is 8.32 Å². The van der Waals surface area contributed by atoms with Gasteiger partial charge >= 0.3 is 12.1 Å². The summed E-state index contributed by atoms with van der Waals surface area (Å²) in [6, 6.07) is -0.166. The average molecular weight is 592 g/mol. The summed E-state index contributed by atoms with van der Waals surface area (Å²) in [5.41, 5.74) is 0.298. The van der Waals surface area contributed by atoms with Crippen LogP contribution >= 0.6 is 23.1 Å². The van der Waals surface area contributed by atoms with Gasteiger partial charge in [-0.15, -0.1) is 11.3 Å². The molecule has 1 aromatic heterocycles. The van der Waals surface area contributed by atoms with Crippen LogP contribution in [0, 0.1) is 11.8 Å². The summed E-state index contributed by atoms with van der Waals surface area (Å²) in [6.45, 7) is 18.9. The van der Waals surface area contributed by atoms with E-state index in [2.05, 4.69) is 32.8 Å². The minimum Gasteiger partial charge on any atom is -0.457 e. The molecule has 0 bridgehead atoms. The molecule has 0 aliphatic carbocycles. The van der Waals surface area contributed by atoms with E-state index in [1.54, 1.807) is 27.2 Å². The van der Waals surface area contributed by atoms with E-state index in [4.69, 9.17) is 18.9 Å². The van der Waals surface area contributed by atoms with Gasteiger partial charge in [-0.1, -0.05) is 44.0 Å². The zero-order valence-electron chi connectivity index (χ0n) is 23.2. The van der Waals surface area contributed by atoms with Crippen LogP contribution in [0.4, 0.5) is 4.79 Å². The third kappa shape index (κ3) is 6.18. The smallest absolute Gasteiger partial charge is 0.410 e. The van der Waals surface area contributed by atoms with Gasteiger partial charge in [0.25, 0.3) is 0 Å². The standard InChI is InChI=1S/C27H37N3O6S2Si/c1-8-12-34-26(32)22-23(16(3)21-20(25(31)30(21)22)17(4)36-39(5,6)7)38-19-15-37-24(28-19)18-10-11-29(14-18)27(33)35-13-9-2/h8-9,15-18,20-21H,1-2,10-14H2,3-7H3/t16-,17-,18+,20-,21-/m1/s1. The number of thioether (sulfide) groups is 1. The van der Waals surface area contributed by atoms with E-state index in [0.29, 0.717) is 18.8 Å². The van der Waals surface area contributed by atoms with Crippen molar-refractivity contribution >= 4 is 49.4 Å². The highest BCUT2D eigenvalue weighted by Gasteiger charge is 2.61. The van der Waals surface area contributed by atoms with Crippen molar-refractivity contribution in [3.05, 3.63) is 46.3 Å². The van der Waals surface area contributed by atoms with Gasteiger partial charge in [0.05, 0.1) is 23.1 Å². The minimum absolute atomic E-state index is 0.0637. The Balaban J connectivity index is 1.52. The molecule has 0 unspecified atom stereocenters. The molecule has 2 fully saturated rings. The monoisotopic (exact) mass is 591 g/mol. The number of thiazole rings is 1. The first-order valence-electron chi connectivity index (χ1n) is 13.2. The summed E-state index contributed by atoms with van der Waals surface area (Å²) in [4.78, 5) is 47.7. The van der Waals surface area contributed by atoms with Crippen LogP contribution < -0.4 is 0 Å². The second-order valence-corrected chi connectivity index (χ2v) is 17.4. The number of nitrogens with zero attached hydrogens (tertiary/aromatic N) is 3. The predicted molar refractivity (Wildman–Crippen MR) is 154 cm³/mol. The summed E-state index contributed by atoms with van der Waals surface area (Å²) in [7, 11) is -1.86. The van der Waals surface area contributed by atoms with Gasteiger partial charge < -0.3 is 23.7 Å². The highest BCUT2D eigenvalue weighted by Crippen LogP contribution is 2.53. The molecule has 3 aliphatic heterocycles. The number of carbonyl (C=O) groups is 3. The molecular formula is C27H37N3O6S2Si. The number of β-lactam (4-membered cyclic amide) rings is 1. The lowest BCUT2D eigenvalue weighted by Gasteiger charge is -2.48. The first-order chi connectivity index (χ1) is 18.5. The van der Waals surface area contributed by atoms with Crippen molar-refractivity contribution < 1.29 is 28.3 Å². The maximum atomic E-state index is 13.4. The fourth-order valence-corrected chi connectivity index (χ4v) is 8.88. The van der Waals surface area contributed by atoms with Crippen LogP contribution in [-0.2, 0) is 23.5 Å². The molecule has 39 heavy (non-hydrogen) atoms. The van der Waals surface area contributed by atoms with Crippen LogP contribution in [-0.4, -0.2) is 79.5 Å². The molecule has 5 atom stereocenters. The largest absolute Gasteiger partial charge is 0.457 e. The molecule has 2 amide bonds.